The summed E-state index contributed by atoms with van der Waals surface area (Å²) in [5.74, 6) is -0.257. The molecule has 8 nitrogen and oxygen atoms in total. The number of imide groups is 1. The summed E-state index contributed by atoms with van der Waals surface area (Å²) in [6.07, 6.45) is 0. The standard InChI is InChI=1S/C23H25ClN4O4S/c1-13-10-17(18(32-5)11-15(13)24)28-20(30)14-8-6-7-9-16(14)25-22(28)33-12-19(29)26-21(31)27-23(2,3)4/h6-11H,12H2,1-5H3,(H2,26,27,29,31). The third-order valence-electron chi connectivity index (χ3n) is 4.52. The second kappa shape index (κ2) is 9.84. The zero-order valence-corrected chi connectivity index (χ0v) is 20.6. The molecule has 3 aromatic rings. The average Bonchev–Trinajstić information content (AvgIpc) is 2.73. The lowest BCUT2D eigenvalue weighted by molar-refractivity contribution is -0.117. The topological polar surface area (TPSA) is 102 Å². The molecule has 0 saturated heterocycles. The summed E-state index contributed by atoms with van der Waals surface area (Å²) in [5.41, 5.74) is 0.905. The van der Waals surface area contributed by atoms with E-state index in [-0.39, 0.29) is 16.5 Å². The number of halogens is 1. The van der Waals surface area contributed by atoms with Crippen molar-refractivity contribution in [2.75, 3.05) is 12.9 Å². The molecule has 0 spiro atoms. The van der Waals surface area contributed by atoms with E-state index in [0.717, 1.165) is 17.3 Å². The molecule has 0 aliphatic rings. The van der Waals surface area contributed by atoms with Gasteiger partial charge in [-0.15, -0.1) is 0 Å². The minimum atomic E-state index is -0.591. The highest BCUT2D eigenvalue weighted by Crippen LogP contribution is 2.32. The Bertz CT molecular complexity index is 1280. The number of hydrogen-bond acceptors (Lipinski definition) is 6. The average molecular weight is 489 g/mol. The maximum absolute atomic E-state index is 13.4. The van der Waals surface area contributed by atoms with Gasteiger partial charge in [0.15, 0.2) is 5.16 Å². The van der Waals surface area contributed by atoms with E-state index in [9.17, 15) is 14.4 Å². The highest BCUT2D eigenvalue weighted by Gasteiger charge is 2.20. The Morgan fingerprint density at radius 2 is 1.91 bits per heavy atom. The Balaban J connectivity index is 2.02. The lowest BCUT2D eigenvalue weighted by Gasteiger charge is -2.20. The highest BCUT2D eigenvalue weighted by molar-refractivity contribution is 7.99. The third-order valence-corrected chi connectivity index (χ3v) is 5.87. The van der Waals surface area contributed by atoms with E-state index in [4.69, 9.17) is 16.3 Å². The molecule has 2 N–H and O–H groups in total. The Kier molecular flexibility index (Phi) is 7.34. The number of fused-ring (bicyclic) bond motifs is 1. The summed E-state index contributed by atoms with van der Waals surface area (Å²) in [7, 11) is 1.48. The molecule has 0 atom stereocenters. The maximum Gasteiger partial charge on any atom is 0.321 e. The largest absolute Gasteiger partial charge is 0.495 e. The number of carbonyl (C=O) groups is 2. The third kappa shape index (κ3) is 5.85. The fraction of sp³-hybridized carbons (Fsp3) is 0.304. The van der Waals surface area contributed by atoms with Crippen molar-refractivity contribution in [1.29, 1.82) is 0 Å². The predicted octanol–water partition coefficient (Wildman–Crippen LogP) is 4.07. The molecule has 33 heavy (non-hydrogen) atoms. The van der Waals surface area contributed by atoms with Crippen LogP contribution in [0.25, 0.3) is 16.6 Å². The Morgan fingerprint density at radius 1 is 1.21 bits per heavy atom. The number of aromatic nitrogens is 2. The lowest BCUT2D eigenvalue weighted by atomic mass is 10.1. The molecule has 0 saturated carbocycles. The first-order chi connectivity index (χ1) is 15.5. The van der Waals surface area contributed by atoms with E-state index in [0.29, 0.717) is 27.4 Å². The summed E-state index contributed by atoms with van der Waals surface area (Å²) < 4.78 is 6.87. The van der Waals surface area contributed by atoms with Crippen LogP contribution in [0.3, 0.4) is 0 Å². The van der Waals surface area contributed by atoms with Crippen LogP contribution < -0.4 is 20.9 Å². The van der Waals surface area contributed by atoms with Gasteiger partial charge in [-0.25, -0.2) is 9.78 Å². The first-order valence-electron chi connectivity index (χ1n) is 10.1. The number of benzene rings is 2. The smallest absolute Gasteiger partial charge is 0.321 e. The highest BCUT2D eigenvalue weighted by atomic mass is 35.5. The first-order valence-corrected chi connectivity index (χ1v) is 11.5. The van der Waals surface area contributed by atoms with Crippen molar-refractivity contribution < 1.29 is 14.3 Å². The second-order valence-corrected chi connectivity index (χ2v) is 9.72. The van der Waals surface area contributed by atoms with Gasteiger partial charge in [-0.1, -0.05) is 35.5 Å². The van der Waals surface area contributed by atoms with Crippen LogP contribution >= 0.6 is 23.4 Å². The van der Waals surface area contributed by atoms with E-state index < -0.39 is 17.5 Å². The van der Waals surface area contributed by atoms with Crippen molar-refractivity contribution in [2.45, 2.75) is 38.4 Å². The number of ether oxygens (including phenoxy) is 1. The quantitative estimate of drug-likeness (QED) is 0.414. The van der Waals surface area contributed by atoms with E-state index in [2.05, 4.69) is 15.6 Å². The Hall–Kier alpha value is -3.04. The molecule has 1 heterocycles. The van der Waals surface area contributed by atoms with Crippen molar-refractivity contribution in [2.24, 2.45) is 0 Å². The van der Waals surface area contributed by atoms with Crippen LogP contribution in [-0.4, -0.2) is 39.9 Å². The number of aryl methyl sites for hydroxylation is 1. The number of rotatable bonds is 5. The number of nitrogens with one attached hydrogen (secondary N) is 2. The van der Waals surface area contributed by atoms with E-state index in [1.54, 1.807) is 36.4 Å². The van der Waals surface area contributed by atoms with Crippen LogP contribution in [0.2, 0.25) is 5.02 Å². The predicted molar refractivity (Wildman–Crippen MR) is 131 cm³/mol. The maximum atomic E-state index is 13.4. The van der Waals surface area contributed by atoms with Crippen LogP contribution in [0.4, 0.5) is 4.79 Å². The van der Waals surface area contributed by atoms with Gasteiger partial charge >= 0.3 is 6.03 Å². The van der Waals surface area contributed by atoms with Gasteiger partial charge in [-0.2, -0.15) is 0 Å². The molecular formula is C23H25ClN4O4S. The number of para-hydroxylation sites is 1. The zero-order chi connectivity index (χ0) is 24.3. The first kappa shape index (κ1) is 24.6. The van der Waals surface area contributed by atoms with Crippen LogP contribution in [-0.2, 0) is 4.79 Å². The van der Waals surface area contributed by atoms with Gasteiger partial charge in [0.05, 0.1) is 29.5 Å². The zero-order valence-electron chi connectivity index (χ0n) is 19.0. The summed E-state index contributed by atoms with van der Waals surface area (Å²) >= 11 is 7.28. The number of amides is 3. The molecule has 0 unspecified atom stereocenters. The molecule has 0 bridgehead atoms. The Labute approximate surface area is 200 Å². The van der Waals surface area contributed by atoms with Gasteiger partial charge in [-0.05, 0) is 51.5 Å². The fourth-order valence-electron chi connectivity index (χ4n) is 3.07. The molecule has 1 aromatic heterocycles. The molecule has 2 aromatic carbocycles. The molecule has 10 heteroatoms. The summed E-state index contributed by atoms with van der Waals surface area (Å²) in [5, 5.41) is 6.16. The summed E-state index contributed by atoms with van der Waals surface area (Å²) in [6.45, 7) is 7.25. The number of thioether (sulfide) groups is 1. The van der Waals surface area contributed by atoms with Gasteiger partial charge < -0.3 is 10.1 Å². The van der Waals surface area contributed by atoms with Crippen LogP contribution in [0.15, 0.2) is 46.3 Å². The minimum Gasteiger partial charge on any atom is -0.495 e. The van der Waals surface area contributed by atoms with E-state index in [1.807, 2.05) is 27.7 Å². The van der Waals surface area contributed by atoms with Crippen LogP contribution in [0.1, 0.15) is 26.3 Å². The molecule has 0 fully saturated rings. The van der Waals surface area contributed by atoms with Crippen molar-refractivity contribution >= 4 is 46.2 Å². The van der Waals surface area contributed by atoms with Gasteiger partial charge in [0.1, 0.15) is 5.75 Å². The van der Waals surface area contributed by atoms with Crippen molar-refractivity contribution in [3.63, 3.8) is 0 Å². The fourth-order valence-corrected chi connectivity index (χ4v) is 4.03. The number of methoxy groups -OCH3 is 1. The molecule has 3 rings (SSSR count). The normalized spacial score (nSPS) is 11.3. The second-order valence-electron chi connectivity index (χ2n) is 8.37. The van der Waals surface area contributed by atoms with Crippen molar-refractivity contribution in [3.05, 3.63) is 57.3 Å². The number of nitrogens with zero attached hydrogens (tertiary/aromatic N) is 2. The molecule has 0 aliphatic heterocycles. The monoisotopic (exact) mass is 488 g/mol. The summed E-state index contributed by atoms with van der Waals surface area (Å²) in [6, 6.07) is 9.73. The van der Waals surface area contributed by atoms with Gasteiger partial charge in [0.2, 0.25) is 5.91 Å². The number of carbonyl (C=O) groups excluding carboxylic acids is 2. The van der Waals surface area contributed by atoms with Gasteiger partial charge in [-0.3, -0.25) is 19.5 Å². The lowest BCUT2D eigenvalue weighted by Crippen LogP contribution is -2.48. The number of hydrogen-bond donors (Lipinski definition) is 2. The molecule has 3 amide bonds. The van der Waals surface area contributed by atoms with E-state index in [1.165, 1.54) is 11.7 Å². The molecule has 0 aliphatic carbocycles. The van der Waals surface area contributed by atoms with Crippen molar-refractivity contribution in [1.82, 2.24) is 20.2 Å². The molecular weight excluding hydrogens is 464 g/mol. The van der Waals surface area contributed by atoms with Crippen molar-refractivity contribution in [3.8, 4) is 11.4 Å². The molecule has 174 valence electrons. The van der Waals surface area contributed by atoms with Gasteiger partial charge in [0, 0.05) is 16.6 Å². The SMILES string of the molecule is COc1cc(Cl)c(C)cc1-n1c(SCC(=O)NC(=O)NC(C)(C)C)nc2ccccc2c1=O. The summed E-state index contributed by atoms with van der Waals surface area (Å²) in [4.78, 5) is 42.4. The Morgan fingerprint density at radius 3 is 2.58 bits per heavy atom. The number of urea groups is 1. The van der Waals surface area contributed by atoms with E-state index >= 15 is 0 Å². The minimum absolute atomic E-state index is 0.128. The van der Waals surface area contributed by atoms with Crippen LogP contribution in [0.5, 0.6) is 5.75 Å². The van der Waals surface area contributed by atoms with Gasteiger partial charge in [0.25, 0.3) is 5.56 Å². The molecule has 0 radical (unpaired) electrons. The van der Waals surface area contributed by atoms with Crippen LogP contribution in [0, 0.1) is 6.92 Å².